The molecule has 1 aromatic carbocycles. The van der Waals surface area contributed by atoms with E-state index in [4.69, 9.17) is 5.11 Å². The first-order valence-electron chi connectivity index (χ1n) is 6.80. The molecule has 0 unspecified atom stereocenters. The summed E-state index contributed by atoms with van der Waals surface area (Å²) in [6.45, 7) is -4.12. The van der Waals surface area contributed by atoms with E-state index >= 15 is 0 Å². The third-order valence-electron chi connectivity index (χ3n) is 3.03. The van der Waals surface area contributed by atoms with E-state index in [0.717, 1.165) is 6.07 Å². The van der Waals surface area contributed by atoms with Crippen LogP contribution in [0.5, 0.6) is 5.75 Å². The summed E-state index contributed by atoms with van der Waals surface area (Å²) in [5.74, 6) is -0.218. The Balaban J connectivity index is 2.15. The summed E-state index contributed by atoms with van der Waals surface area (Å²) >= 11 is 0. The Bertz CT molecular complexity index is 754. The molecule has 2 amide bonds. The number of carbonyl (C=O) groups excluding carboxylic acids is 1. The van der Waals surface area contributed by atoms with E-state index < -0.39 is 31.5 Å². The standard InChI is InChI=1S/C14H12F5N3O3/c15-12(16)25-9-4-3-8(7-2-1-5-20-11(7)9)22-13(24)21-6-10(23)14(17,18)19/h1-5,10,12,23H,6H2,(H2,21,22,24)/t10-/m1/s1. The van der Waals surface area contributed by atoms with Crippen LogP contribution in [0.15, 0.2) is 30.5 Å². The number of ether oxygens (including phenoxy) is 1. The average molecular weight is 365 g/mol. The number of amides is 2. The number of carbonyl (C=O) groups is 1. The molecule has 11 heteroatoms. The highest BCUT2D eigenvalue weighted by Gasteiger charge is 2.38. The second kappa shape index (κ2) is 7.47. The third-order valence-corrected chi connectivity index (χ3v) is 3.03. The molecule has 1 heterocycles. The molecule has 0 aliphatic heterocycles. The average Bonchev–Trinajstić information content (AvgIpc) is 2.53. The molecule has 0 fully saturated rings. The Kier molecular flexibility index (Phi) is 5.57. The summed E-state index contributed by atoms with van der Waals surface area (Å²) in [5.41, 5.74) is 0.152. The van der Waals surface area contributed by atoms with Gasteiger partial charge in [-0.15, -0.1) is 0 Å². The lowest BCUT2D eigenvalue weighted by Gasteiger charge is -2.16. The van der Waals surface area contributed by atoms with Gasteiger partial charge < -0.3 is 20.5 Å². The van der Waals surface area contributed by atoms with Crippen molar-refractivity contribution in [1.82, 2.24) is 10.3 Å². The molecule has 0 bridgehead atoms. The van der Waals surface area contributed by atoms with Crippen molar-refractivity contribution in [3.63, 3.8) is 0 Å². The maximum absolute atomic E-state index is 12.4. The topological polar surface area (TPSA) is 83.5 Å². The van der Waals surface area contributed by atoms with Gasteiger partial charge >= 0.3 is 18.8 Å². The SMILES string of the molecule is O=C(NC[C@@H](O)C(F)(F)F)Nc1ccc(OC(F)F)c2ncccc12. The number of alkyl halides is 5. The van der Waals surface area contributed by atoms with Gasteiger partial charge in [-0.1, -0.05) is 0 Å². The summed E-state index contributed by atoms with van der Waals surface area (Å²) in [4.78, 5) is 15.6. The zero-order valence-electron chi connectivity index (χ0n) is 12.3. The van der Waals surface area contributed by atoms with Crippen molar-refractivity contribution in [2.45, 2.75) is 18.9 Å². The predicted molar refractivity (Wildman–Crippen MR) is 77.5 cm³/mol. The second-order valence-corrected chi connectivity index (χ2v) is 4.78. The van der Waals surface area contributed by atoms with Crippen molar-refractivity contribution in [1.29, 1.82) is 0 Å². The van der Waals surface area contributed by atoms with Gasteiger partial charge in [0.15, 0.2) is 11.9 Å². The number of fused-ring (bicyclic) bond motifs is 1. The minimum Gasteiger partial charge on any atom is -0.432 e. The van der Waals surface area contributed by atoms with Crippen molar-refractivity contribution in [2.24, 2.45) is 0 Å². The van der Waals surface area contributed by atoms with Crippen LogP contribution in [0.3, 0.4) is 0 Å². The molecular formula is C14H12F5N3O3. The molecule has 0 radical (unpaired) electrons. The number of aliphatic hydroxyl groups excluding tert-OH is 1. The molecule has 0 saturated heterocycles. The Morgan fingerprint density at radius 2 is 2.00 bits per heavy atom. The highest BCUT2D eigenvalue weighted by molar-refractivity contribution is 6.02. The van der Waals surface area contributed by atoms with Crippen molar-refractivity contribution in [3.05, 3.63) is 30.5 Å². The van der Waals surface area contributed by atoms with Crippen molar-refractivity contribution >= 4 is 22.6 Å². The summed E-state index contributed by atoms with van der Waals surface area (Å²) < 4.78 is 65.6. The molecule has 1 aromatic heterocycles. The molecular weight excluding hydrogens is 353 g/mol. The van der Waals surface area contributed by atoms with Gasteiger partial charge in [-0.2, -0.15) is 22.0 Å². The number of hydrogen-bond acceptors (Lipinski definition) is 4. The van der Waals surface area contributed by atoms with Crippen LogP contribution in [0, 0.1) is 0 Å². The molecule has 6 nitrogen and oxygen atoms in total. The number of anilines is 1. The highest BCUT2D eigenvalue weighted by Crippen LogP contribution is 2.30. The van der Waals surface area contributed by atoms with E-state index in [1.807, 2.05) is 5.32 Å². The van der Waals surface area contributed by atoms with E-state index in [-0.39, 0.29) is 22.3 Å². The van der Waals surface area contributed by atoms with Crippen LogP contribution in [0.25, 0.3) is 10.9 Å². The van der Waals surface area contributed by atoms with E-state index in [0.29, 0.717) is 0 Å². The molecule has 0 spiro atoms. The summed E-state index contributed by atoms with van der Waals surface area (Å²) in [7, 11) is 0. The van der Waals surface area contributed by atoms with Gasteiger partial charge in [0.1, 0.15) is 5.52 Å². The monoisotopic (exact) mass is 365 g/mol. The number of aromatic nitrogens is 1. The lowest BCUT2D eigenvalue weighted by atomic mass is 10.1. The number of nitrogens with one attached hydrogen (secondary N) is 2. The predicted octanol–water partition coefficient (Wildman–Crippen LogP) is 2.88. The Hall–Kier alpha value is -2.69. The van der Waals surface area contributed by atoms with Crippen LogP contribution in [0.4, 0.5) is 32.4 Å². The molecule has 0 saturated carbocycles. The zero-order valence-corrected chi connectivity index (χ0v) is 12.3. The Morgan fingerprint density at radius 3 is 2.64 bits per heavy atom. The van der Waals surface area contributed by atoms with Gasteiger partial charge in [0.25, 0.3) is 0 Å². The van der Waals surface area contributed by atoms with Gasteiger partial charge in [0, 0.05) is 11.6 Å². The molecule has 0 aliphatic carbocycles. The minimum absolute atomic E-state index is 0.0379. The molecule has 0 aliphatic rings. The number of nitrogens with zero attached hydrogens (tertiary/aromatic N) is 1. The largest absolute Gasteiger partial charge is 0.432 e. The molecule has 3 N–H and O–H groups in total. The van der Waals surface area contributed by atoms with Crippen LogP contribution in [0.1, 0.15) is 0 Å². The van der Waals surface area contributed by atoms with E-state index in [2.05, 4.69) is 15.0 Å². The van der Waals surface area contributed by atoms with Gasteiger partial charge in [-0.05, 0) is 24.3 Å². The number of benzene rings is 1. The molecule has 136 valence electrons. The van der Waals surface area contributed by atoms with E-state index in [1.165, 1.54) is 24.4 Å². The maximum atomic E-state index is 12.4. The van der Waals surface area contributed by atoms with Gasteiger partial charge in [0.05, 0.1) is 12.2 Å². The Morgan fingerprint density at radius 1 is 1.28 bits per heavy atom. The van der Waals surface area contributed by atoms with Crippen molar-refractivity contribution in [2.75, 3.05) is 11.9 Å². The fourth-order valence-electron chi connectivity index (χ4n) is 1.92. The molecule has 2 rings (SSSR count). The van der Waals surface area contributed by atoms with Crippen LogP contribution in [-0.4, -0.2) is 41.6 Å². The van der Waals surface area contributed by atoms with Gasteiger partial charge in [-0.3, -0.25) is 4.98 Å². The highest BCUT2D eigenvalue weighted by atomic mass is 19.4. The number of aliphatic hydroxyl groups is 1. The number of pyridine rings is 1. The molecule has 1 atom stereocenters. The van der Waals surface area contributed by atoms with Crippen LogP contribution in [0.2, 0.25) is 0 Å². The first kappa shape index (κ1) is 18.6. The lowest BCUT2D eigenvalue weighted by Crippen LogP contribution is -2.42. The quantitative estimate of drug-likeness (QED) is 0.712. The van der Waals surface area contributed by atoms with Gasteiger partial charge in [0.2, 0.25) is 0 Å². The van der Waals surface area contributed by atoms with E-state index in [1.54, 1.807) is 0 Å². The number of rotatable bonds is 5. The lowest BCUT2D eigenvalue weighted by molar-refractivity contribution is -0.201. The molecule has 2 aromatic rings. The molecule has 25 heavy (non-hydrogen) atoms. The van der Waals surface area contributed by atoms with Crippen LogP contribution < -0.4 is 15.4 Å². The smallest absolute Gasteiger partial charge is 0.416 e. The fourth-order valence-corrected chi connectivity index (χ4v) is 1.92. The van der Waals surface area contributed by atoms with Crippen molar-refractivity contribution in [3.8, 4) is 5.75 Å². The third kappa shape index (κ3) is 4.89. The minimum atomic E-state index is -4.86. The maximum Gasteiger partial charge on any atom is 0.416 e. The first-order chi connectivity index (χ1) is 11.7. The first-order valence-corrected chi connectivity index (χ1v) is 6.80. The normalized spacial score (nSPS) is 12.9. The van der Waals surface area contributed by atoms with Crippen LogP contribution in [-0.2, 0) is 0 Å². The summed E-state index contributed by atoms with van der Waals surface area (Å²) in [6, 6.07) is 4.30. The number of hydrogen-bond donors (Lipinski definition) is 3. The Labute approximate surface area is 137 Å². The number of urea groups is 1. The van der Waals surface area contributed by atoms with Gasteiger partial charge in [-0.25, -0.2) is 4.79 Å². The zero-order chi connectivity index (χ0) is 18.6. The summed E-state index contributed by atoms with van der Waals surface area (Å²) in [5, 5.41) is 13.2. The van der Waals surface area contributed by atoms with Crippen LogP contribution >= 0.6 is 0 Å². The van der Waals surface area contributed by atoms with Crippen molar-refractivity contribution < 1.29 is 36.6 Å². The summed E-state index contributed by atoms with van der Waals surface area (Å²) in [6.07, 6.45) is -6.25. The number of halogens is 5. The fraction of sp³-hybridized carbons (Fsp3) is 0.286. The second-order valence-electron chi connectivity index (χ2n) is 4.78. The van der Waals surface area contributed by atoms with E-state index in [9.17, 15) is 26.7 Å².